The van der Waals surface area contributed by atoms with Crippen LogP contribution in [0.5, 0.6) is 0 Å². The summed E-state index contributed by atoms with van der Waals surface area (Å²) in [5.41, 5.74) is 7.42. The second-order valence-corrected chi connectivity index (χ2v) is 9.08. The molecule has 0 spiro atoms. The maximum Gasteiger partial charge on any atom is 0.402 e. The second-order valence-electron chi connectivity index (χ2n) is 6.20. The largest absolute Gasteiger partial charge is 0.465 e. The fraction of sp³-hybridized carbons (Fsp3) is 0.150. The Kier molecular flexibility index (Phi) is 6.13. The van der Waals surface area contributed by atoms with Crippen molar-refractivity contribution >= 4 is 27.5 Å². The highest BCUT2D eigenvalue weighted by molar-refractivity contribution is 7.89. The monoisotopic (exact) mass is 416 g/mol. The van der Waals surface area contributed by atoms with Gasteiger partial charge in [-0.1, -0.05) is 42.5 Å². The number of thiophene rings is 1. The minimum atomic E-state index is -3.45. The number of fused-ring (bicyclic) bond motifs is 1. The SMILES string of the molecule is NC(=O)O.O=S(=O)(c1ccc(-c2cccs2)cc1)N1CCc2ccccc2C1. The van der Waals surface area contributed by atoms with Crippen molar-refractivity contribution in [3.8, 4) is 10.4 Å². The summed E-state index contributed by atoms with van der Waals surface area (Å²) in [6, 6.07) is 19.3. The molecule has 3 aromatic rings. The molecule has 0 atom stereocenters. The van der Waals surface area contributed by atoms with Crippen LogP contribution in [0.15, 0.2) is 70.9 Å². The summed E-state index contributed by atoms with van der Waals surface area (Å²) in [4.78, 5) is 10.3. The summed E-state index contributed by atoms with van der Waals surface area (Å²) >= 11 is 1.65. The van der Waals surface area contributed by atoms with E-state index in [9.17, 15) is 8.42 Å². The summed E-state index contributed by atoms with van der Waals surface area (Å²) in [7, 11) is -3.45. The van der Waals surface area contributed by atoms with Crippen molar-refractivity contribution in [1.82, 2.24) is 4.31 Å². The Bertz CT molecular complexity index is 1040. The van der Waals surface area contributed by atoms with Crippen LogP contribution < -0.4 is 5.73 Å². The van der Waals surface area contributed by atoms with Gasteiger partial charge in [0.2, 0.25) is 10.0 Å². The van der Waals surface area contributed by atoms with E-state index in [0.29, 0.717) is 18.0 Å². The normalized spacial score (nSPS) is 13.9. The van der Waals surface area contributed by atoms with Crippen molar-refractivity contribution in [2.45, 2.75) is 17.9 Å². The number of amides is 1. The number of carboxylic acid groups (broad SMARTS) is 1. The average Bonchev–Trinajstić information content (AvgIpc) is 3.22. The third-order valence-corrected chi connectivity index (χ3v) is 7.17. The molecule has 0 aliphatic carbocycles. The van der Waals surface area contributed by atoms with Crippen molar-refractivity contribution in [2.75, 3.05) is 6.54 Å². The topological polar surface area (TPSA) is 101 Å². The smallest absolute Gasteiger partial charge is 0.402 e. The molecule has 4 rings (SSSR count). The molecule has 146 valence electrons. The van der Waals surface area contributed by atoms with Gasteiger partial charge in [-0.05, 0) is 46.7 Å². The van der Waals surface area contributed by atoms with Gasteiger partial charge in [0.15, 0.2) is 0 Å². The highest BCUT2D eigenvalue weighted by atomic mass is 32.2. The van der Waals surface area contributed by atoms with Gasteiger partial charge in [0.1, 0.15) is 0 Å². The molecular formula is C20H20N2O4S2. The molecule has 2 aromatic carbocycles. The van der Waals surface area contributed by atoms with E-state index in [1.54, 1.807) is 27.8 Å². The molecule has 1 aromatic heterocycles. The Labute approximate surface area is 167 Å². The van der Waals surface area contributed by atoms with Crippen LogP contribution >= 0.6 is 11.3 Å². The maximum atomic E-state index is 12.9. The third-order valence-electron chi connectivity index (χ3n) is 4.39. The molecule has 6 nitrogen and oxygen atoms in total. The molecule has 0 saturated carbocycles. The number of rotatable bonds is 3. The predicted octanol–water partition coefficient (Wildman–Crippen LogP) is 3.79. The lowest BCUT2D eigenvalue weighted by Crippen LogP contribution is -2.35. The van der Waals surface area contributed by atoms with Crippen LogP contribution in [0.25, 0.3) is 10.4 Å². The predicted molar refractivity (Wildman–Crippen MR) is 110 cm³/mol. The van der Waals surface area contributed by atoms with E-state index in [2.05, 4.69) is 11.8 Å². The van der Waals surface area contributed by atoms with Gasteiger partial charge in [-0.25, -0.2) is 13.2 Å². The average molecular weight is 417 g/mol. The molecule has 1 aliphatic heterocycles. The minimum Gasteiger partial charge on any atom is -0.465 e. The van der Waals surface area contributed by atoms with Crippen LogP contribution in [0.1, 0.15) is 11.1 Å². The van der Waals surface area contributed by atoms with Crippen LogP contribution in [0.4, 0.5) is 4.79 Å². The van der Waals surface area contributed by atoms with Crippen LogP contribution in [0.3, 0.4) is 0 Å². The zero-order chi connectivity index (χ0) is 20.1. The summed E-state index contributed by atoms with van der Waals surface area (Å²) in [6.07, 6.45) is -0.567. The van der Waals surface area contributed by atoms with Gasteiger partial charge in [0.25, 0.3) is 0 Å². The Hall–Kier alpha value is -2.68. The van der Waals surface area contributed by atoms with Crippen molar-refractivity contribution in [3.05, 3.63) is 77.2 Å². The summed E-state index contributed by atoms with van der Waals surface area (Å²) in [6.45, 7) is 0.983. The number of sulfonamides is 1. The molecule has 0 saturated heterocycles. The van der Waals surface area contributed by atoms with Gasteiger partial charge in [-0.2, -0.15) is 4.31 Å². The molecule has 0 radical (unpaired) electrons. The number of benzene rings is 2. The highest BCUT2D eigenvalue weighted by Crippen LogP contribution is 2.28. The fourth-order valence-electron chi connectivity index (χ4n) is 3.06. The highest BCUT2D eigenvalue weighted by Gasteiger charge is 2.28. The first kappa shape index (κ1) is 20.1. The summed E-state index contributed by atoms with van der Waals surface area (Å²) in [5, 5.41) is 9.21. The van der Waals surface area contributed by atoms with E-state index >= 15 is 0 Å². The minimum absolute atomic E-state index is 0.363. The Morgan fingerprint density at radius 2 is 1.64 bits per heavy atom. The molecule has 8 heteroatoms. The first-order valence-electron chi connectivity index (χ1n) is 8.57. The molecule has 1 amide bonds. The molecule has 1 aliphatic rings. The number of nitrogens with two attached hydrogens (primary N) is 1. The Morgan fingerprint density at radius 3 is 2.25 bits per heavy atom. The summed E-state index contributed by atoms with van der Waals surface area (Å²) < 4.78 is 27.4. The van der Waals surface area contributed by atoms with E-state index in [1.165, 1.54) is 5.56 Å². The van der Waals surface area contributed by atoms with E-state index < -0.39 is 16.1 Å². The second kappa shape index (κ2) is 8.55. The number of primary amides is 1. The van der Waals surface area contributed by atoms with Crippen LogP contribution in [-0.4, -0.2) is 30.5 Å². The third kappa shape index (κ3) is 4.59. The summed E-state index contributed by atoms with van der Waals surface area (Å²) in [5.74, 6) is 0. The number of carbonyl (C=O) groups is 1. The zero-order valence-electron chi connectivity index (χ0n) is 15.0. The van der Waals surface area contributed by atoms with Crippen LogP contribution in [0, 0.1) is 0 Å². The molecular weight excluding hydrogens is 396 g/mol. The number of nitrogens with zero attached hydrogens (tertiary/aromatic N) is 1. The Morgan fingerprint density at radius 1 is 1.00 bits per heavy atom. The lowest BCUT2D eigenvalue weighted by atomic mass is 10.0. The van der Waals surface area contributed by atoms with Crippen LogP contribution in [0.2, 0.25) is 0 Å². The van der Waals surface area contributed by atoms with Gasteiger partial charge in [-0.15, -0.1) is 11.3 Å². The zero-order valence-corrected chi connectivity index (χ0v) is 16.6. The molecule has 0 unspecified atom stereocenters. The molecule has 0 bridgehead atoms. The van der Waals surface area contributed by atoms with E-state index in [4.69, 9.17) is 9.90 Å². The van der Waals surface area contributed by atoms with E-state index in [1.807, 2.05) is 47.8 Å². The van der Waals surface area contributed by atoms with Gasteiger partial charge in [-0.3, -0.25) is 0 Å². The van der Waals surface area contributed by atoms with Gasteiger partial charge in [0, 0.05) is 18.0 Å². The number of hydrogen-bond acceptors (Lipinski definition) is 4. The first-order valence-corrected chi connectivity index (χ1v) is 10.9. The first-order chi connectivity index (χ1) is 13.4. The molecule has 3 N–H and O–H groups in total. The van der Waals surface area contributed by atoms with E-state index in [0.717, 1.165) is 22.4 Å². The van der Waals surface area contributed by atoms with Crippen molar-refractivity contribution < 1.29 is 18.3 Å². The van der Waals surface area contributed by atoms with Gasteiger partial charge < -0.3 is 10.8 Å². The molecule has 2 heterocycles. The maximum absolute atomic E-state index is 12.9. The van der Waals surface area contributed by atoms with Crippen LogP contribution in [-0.2, 0) is 23.0 Å². The van der Waals surface area contributed by atoms with Crippen molar-refractivity contribution in [2.24, 2.45) is 5.73 Å². The fourth-order valence-corrected chi connectivity index (χ4v) is 5.21. The van der Waals surface area contributed by atoms with Crippen molar-refractivity contribution in [3.63, 3.8) is 0 Å². The standard InChI is InChI=1S/C19H17NO2S2.CH3NO2/c21-24(22,20-12-11-15-4-1-2-5-17(15)14-20)18-9-7-16(8-10-18)19-6-3-13-23-19;2-1(3)4/h1-10,13H,11-12,14H2;2H2,(H,3,4). The molecule has 0 fully saturated rings. The number of hydrogen-bond donors (Lipinski definition) is 2. The van der Waals surface area contributed by atoms with E-state index in [-0.39, 0.29) is 0 Å². The van der Waals surface area contributed by atoms with Crippen molar-refractivity contribution in [1.29, 1.82) is 0 Å². The van der Waals surface area contributed by atoms with Gasteiger partial charge >= 0.3 is 6.09 Å². The lowest BCUT2D eigenvalue weighted by molar-refractivity contribution is 0.205. The Balaban J connectivity index is 0.000000516. The lowest BCUT2D eigenvalue weighted by Gasteiger charge is -2.28. The molecule has 28 heavy (non-hydrogen) atoms. The quantitative estimate of drug-likeness (QED) is 0.678. The van der Waals surface area contributed by atoms with Gasteiger partial charge in [0.05, 0.1) is 4.90 Å².